The van der Waals surface area contributed by atoms with Crippen molar-refractivity contribution in [3.05, 3.63) is 35.9 Å². The Morgan fingerprint density at radius 1 is 1.17 bits per heavy atom. The molecule has 0 radical (unpaired) electrons. The van der Waals surface area contributed by atoms with Gasteiger partial charge in [-0.1, -0.05) is 62.2 Å². The highest BCUT2D eigenvalue weighted by Gasteiger charge is 2.24. The number of hydrogen-bond donors (Lipinski definition) is 0. The van der Waals surface area contributed by atoms with Gasteiger partial charge in [0.15, 0.2) is 0 Å². The standard InChI is InChI=1S/C10H12Br2/c1-10(2,12)9(11)8-6-4-3-5-7-8/h3-7,9H,1-2H3. The Morgan fingerprint density at radius 2 is 1.67 bits per heavy atom. The van der Waals surface area contributed by atoms with Crippen molar-refractivity contribution in [2.75, 3.05) is 0 Å². The summed E-state index contributed by atoms with van der Waals surface area (Å²) in [5.41, 5.74) is 1.30. The molecule has 0 heterocycles. The molecule has 2 heteroatoms. The molecule has 0 N–H and O–H groups in total. The van der Waals surface area contributed by atoms with E-state index < -0.39 is 0 Å². The van der Waals surface area contributed by atoms with E-state index in [4.69, 9.17) is 0 Å². The smallest absolute Gasteiger partial charge is 0.0543 e. The van der Waals surface area contributed by atoms with Crippen molar-refractivity contribution >= 4 is 31.9 Å². The third-order valence-corrected chi connectivity index (χ3v) is 4.44. The van der Waals surface area contributed by atoms with Gasteiger partial charge < -0.3 is 0 Å². The van der Waals surface area contributed by atoms with Crippen molar-refractivity contribution in [2.45, 2.75) is 23.0 Å². The molecule has 0 bridgehead atoms. The summed E-state index contributed by atoms with van der Waals surface area (Å²) >= 11 is 7.29. The van der Waals surface area contributed by atoms with Crippen LogP contribution in [0.5, 0.6) is 0 Å². The fraction of sp³-hybridized carbons (Fsp3) is 0.400. The van der Waals surface area contributed by atoms with Crippen molar-refractivity contribution in [1.82, 2.24) is 0 Å². The van der Waals surface area contributed by atoms with E-state index in [-0.39, 0.29) is 4.32 Å². The lowest BCUT2D eigenvalue weighted by molar-refractivity contribution is 0.718. The molecule has 1 unspecified atom stereocenters. The first-order valence-corrected chi connectivity index (χ1v) is 5.60. The molecule has 0 amide bonds. The largest absolute Gasteiger partial charge is 0.0844 e. The van der Waals surface area contributed by atoms with Gasteiger partial charge in [0.05, 0.1) is 4.83 Å². The second kappa shape index (κ2) is 3.93. The van der Waals surface area contributed by atoms with E-state index >= 15 is 0 Å². The predicted molar refractivity (Wildman–Crippen MR) is 61.1 cm³/mol. The van der Waals surface area contributed by atoms with E-state index in [0.717, 1.165) is 0 Å². The van der Waals surface area contributed by atoms with Gasteiger partial charge in [0, 0.05) is 4.32 Å². The third kappa shape index (κ3) is 2.60. The molecule has 0 aliphatic heterocycles. The highest BCUT2D eigenvalue weighted by Crippen LogP contribution is 2.39. The van der Waals surface area contributed by atoms with E-state index in [1.807, 2.05) is 6.07 Å². The lowest BCUT2D eigenvalue weighted by Crippen LogP contribution is -2.16. The predicted octanol–water partition coefficient (Wildman–Crippen LogP) is 4.30. The minimum atomic E-state index is 0.0916. The zero-order valence-corrected chi connectivity index (χ0v) is 10.4. The van der Waals surface area contributed by atoms with Crippen molar-refractivity contribution < 1.29 is 0 Å². The Kier molecular flexibility index (Phi) is 3.36. The molecule has 0 saturated heterocycles. The number of alkyl halides is 2. The van der Waals surface area contributed by atoms with Gasteiger partial charge in [-0.25, -0.2) is 0 Å². The summed E-state index contributed by atoms with van der Waals surface area (Å²) < 4.78 is 0.0916. The number of benzene rings is 1. The summed E-state index contributed by atoms with van der Waals surface area (Å²) in [5, 5.41) is 0. The van der Waals surface area contributed by atoms with E-state index in [0.29, 0.717) is 4.83 Å². The maximum absolute atomic E-state index is 3.66. The summed E-state index contributed by atoms with van der Waals surface area (Å²) in [6.45, 7) is 4.30. The number of rotatable bonds is 2. The van der Waals surface area contributed by atoms with Crippen LogP contribution in [0, 0.1) is 0 Å². The van der Waals surface area contributed by atoms with E-state index in [1.165, 1.54) is 5.56 Å². The first kappa shape index (κ1) is 10.3. The molecule has 0 spiro atoms. The molecule has 0 aliphatic carbocycles. The van der Waals surface area contributed by atoms with Crippen molar-refractivity contribution in [2.24, 2.45) is 0 Å². The van der Waals surface area contributed by atoms with E-state index in [1.54, 1.807) is 0 Å². The van der Waals surface area contributed by atoms with Gasteiger partial charge in [0.25, 0.3) is 0 Å². The molecular formula is C10H12Br2. The molecule has 0 fully saturated rings. The number of halogens is 2. The molecule has 12 heavy (non-hydrogen) atoms. The van der Waals surface area contributed by atoms with Crippen LogP contribution in [0.4, 0.5) is 0 Å². The van der Waals surface area contributed by atoms with E-state index in [9.17, 15) is 0 Å². The molecule has 1 rings (SSSR count). The second-order valence-electron chi connectivity index (χ2n) is 3.34. The van der Waals surface area contributed by atoms with Gasteiger partial charge in [-0.2, -0.15) is 0 Å². The van der Waals surface area contributed by atoms with Crippen molar-refractivity contribution in [3.8, 4) is 0 Å². The van der Waals surface area contributed by atoms with Gasteiger partial charge in [-0.3, -0.25) is 0 Å². The molecule has 66 valence electrons. The molecule has 0 saturated carbocycles. The zero-order chi connectivity index (χ0) is 9.19. The normalized spacial score (nSPS) is 14.3. The Bertz CT molecular complexity index is 236. The molecule has 1 aromatic rings. The Morgan fingerprint density at radius 3 is 2.08 bits per heavy atom. The van der Waals surface area contributed by atoms with Crippen LogP contribution >= 0.6 is 31.9 Å². The quantitative estimate of drug-likeness (QED) is 0.713. The molecule has 0 aromatic heterocycles. The minimum Gasteiger partial charge on any atom is -0.0844 e. The molecule has 0 aliphatic rings. The summed E-state index contributed by atoms with van der Waals surface area (Å²) in [5.74, 6) is 0. The van der Waals surface area contributed by atoms with Crippen molar-refractivity contribution in [3.63, 3.8) is 0 Å². The Hall–Kier alpha value is 0.180. The second-order valence-corrected chi connectivity index (χ2v) is 6.30. The average Bonchev–Trinajstić information content (AvgIpc) is 2.03. The SMILES string of the molecule is CC(C)(Br)C(Br)c1ccccc1. The fourth-order valence-electron chi connectivity index (χ4n) is 1.02. The highest BCUT2D eigenvalue weighted by atomic mass is 79.9. The maximum atomic E-state index is 3.66. The Labute approximate surface area is 90.6 Å². The van der Waals surface area contributed by atoms with Crippen LogP contribution in [0.3, 0.4) is 0 Å². The van der Waals surface area contributed by atoms with Crippen molar-refractivity contribution in [1.29, 1.82) is 0 Å². The monoisotopic (exact) mass is 290 g/mol. The van der Waals surface area contributed by atoms with Gasteiger partial charge in [-0.15, -0.1) is 0 Å². The molecule has 1 aromatic carbocycles. The zero-order valence-electron chi connectivity index (χ0n) is 7.22. The summed E-state index contributed by atoms with van der Waals surface area (Å²) in [6.07, 6.45) is 0. The maximum Gasteiger partial charge on any atom is 0.0543 e. The van der Waals surface area contributed by atoms with Gasteiger partial charge >= 0.3 is 0 Å². The fourth-order valence-corrected chi connectivity index (χ4v) is 1.59. The topological polar surface area (TPSA) is 0 Å². The van der Waals surface area contributed by atoms with Crippen LogP contribution in [0.15, 0.2) is 30.3 Å². The molecule has 1 atom stereocenters. The molecule has 0 nitrogen and oxygen atoms in total. The first-order chi connectivity index (χ1) is 5.52. The van der Waals surface area contributed by atoms with E-state index in [2.05, 4.69) is 70.0 Å². The first-order valence-electron chi connectivity index (χ1n) is 3.90. The van der Waals surface area contributed by atoms with Crippen LogP contribution < -0.4 is 0 Å². The lowest BCUT2D eigenvalue weighted by atomic mass is 10.0. The summed E-state index contributed by atoms with van der Waals surface area (Å²) in [6, 6.07) is 10.4. The van der Waals surface area contributed by atoms with Gasteiger partial charge in [0.1, 0.15) is 0 Å². The van der Waals surface area contributed by atoms with Gasteiger partial charge in [-0.05, 0) is 19.4 Å². The van der Waals surface area contributed by atoms with Crippen LogP contribution in [-0.4, -0.2) is 4.32 Å². The lowest BCUT2D eigenvalue weighted by Gasteiger charge is -2.23. The van der Waals surface area contributed by atoms with Gasteiger partial charge in [0.2, 0.25) is 0 Å². The van der Waals surface area contributed by atoms with Crippen LogP contribution in [0.25, 0.3) is 0 Å². The average molecular weight is 292 g/mol. The Balaban J connectivity index is 2.86. The van der Waals surface area contributed by atoms with Crippen LogP contribution in [-0.2, 0) is 0 Å². The minimum absolute atomic E-state index is 0.0916. The molecular weight excluding hydrogens is 280 g/mol. The highest BCUT2D eigenvalue weighted by molar-refractivity contribution is 9.12. The summed E-state index contributed by atoms with van der Waals surface area (Å²) in [7, 11) is 0. The van der Waals surface area contributed by atoms with Crippen LogP contribution in [0.2, 0.25) is 0 Å². The number of hydrogen-bond acceptors (Lipinski definition) is 0. The third-order valence-electron chi connectivity index (χ3n) is 1.69. The van der Waals surface area contributed by atoms with Crippen LogP contribution in [0.1, 0.15) is 24.2 Å². The summed E-state index contributed by atoms with van der Waals surface area (Å²) in [4.78, 5) is 0.353.